The van der Waals surface area contributed by atoms with E-state index in [-0.39, 0.29) is 0 Å². The highest BCUT2D eigenvalue weighted by molar-refractivity contribution is 7.15. The van der Waals surface area contributed by atoms with Gasteiger partial charge >= 0.3 is 0 Å². The summed E-state index contributed by atoms with van der Waals surface area (Å²) in [7, 11) is 0. The molecule has 5 rings (SSSR count). The van der Waals surface area contributed by atoms with Crippen molar-refractivity contribution < 1.29 is 0 Å². The molecule has 0 fully saturated rings. The van der Waals surface area contributed by atoms with Crippen LogP contribution < -0.4 is 0 Å². The van der Waals surface area contributed by atoms with Crippen molar-refractivity contribution in [3.63, 3.8) is 0 Å². The molecule has 28 heavy (non-hydrogen) atoms. The molecule has 4 heteroatoms. The van der Waals surface area contributed by atoms with Gasteiger partial charge in [0.1, 0.15) is 0 Å². The Hall–Kier alpha value is -2.82. The summed E-state index contributed by atoms with van der Waals surface area (Å²) in [4.78, 5) is 14.7. The molecule has 2 aromatic carbocycles. The highest BCUT2D eigenvalue weighted by atomic mass is 32.1. The molecule has 0 saturated heterocycles. The van der Waals surface area contributed by atoms with E-state index in [4.69, 9.17) is 4.98 Å². The Bertz CT molecular complexity index is 1070. The van der Waals surface area contributed by atoms with Gasteiger partial charge < -0.3 is 0 Å². The van der Waals surface area contributed by atoms with Crippen LogP contribution in [-0.4, -0.2) is 21.4 Å². The standard InChI is InChI=1S/C24H21N3S/c1-3-7-18(8-4-1)23-12-11-21(28-23)17-27-14-13-22-20(16-27)15-25-24(26-22)19-9-5-2-6-10-19/h1-12,15H,13-14,16-17H2. The molecule has 2 aromatic heterocycles. The Labute approximate surface area is 169 Å². The fourth-order valence-corrected chi connectivity index (χ4v) is 4.73. The average Bonchev–Trinajstić information content (AvgIpc) is 3.23. The summed E-state index contributed by atoms with van der Waals surface area (Å²) in [5, 5.41) is 0. The molecule has 0 unspecified atom stereocenters. The molecule has 0 radical (unpaired) electrons. The van der Waals surface area contributed by atoms with Gasteiger partial charge in [-0.05, 0) is 17.7 Å². The molecule has 1 aliphatic heterocycles. The van der Waals surface area contributed by atoms with Crippen LogP contribution in [0.3, 0.4) is 0 Å². The first-order valence-corrected chi connectivity index (χ1v) is 10.4. The van der Waals surface area contributed by atoms with E-state index >= 15 is 0 Å². The van der Waals surface area contributed by atoms with Crippen LogP contribution in [0.25, 0.3) is 21.8 Å². The van der Waals surface area contributed by atoms with Crippen molar-refractivity contribution in [2.24, 2.45) is 0 Å². The predicted octanol–water partition coefficient (Wildman–Crippen LogP) is 5.43. The number of hydrogen-bond donors (Lipinski definition) is 0. The van der Waals surface area contributed by atoms with Gasteiger partial charge in [-0.3, -0.25) is 4.90 Å². The maximum atomic E-state index is 4.83. The lowest BCUT2D eigenvalue weighted by molar-refractivity contribution is 0.245. The summed E-state index contributed by atoms with van der Waals surface area (Å²) in [6.07, 6.45) is 3.00. The molecule has 1 aliphatic rings. The van der Waals surface area contributed by atoms with E-state index in [2.05, 4.69) is 64.5 Å². The summed E-state index contributed by atoms with van der Waals surface area (Å²) in [6.45, 7) is 2.94. The van der Waals surface area contributed by atoms with Crippen molar-refractivity contribution in [1.82, 2.24) is 14.9 Å². The van der Waals surface area contributed by atoms with Crippen molar-refractivity contribution in [1.29, 1.82) is 0 Å². The number of fused-ring (bicyclic) bond motifs is 1. The summed E-state index contributed by atoms with van der Waals surface area (Å²) >= 11 is 1.89. The first-order valence-electron chi connectivity index (χ1n) is 9.62. The Kier molecular flexibility index (Phi) is 4.73. The van der Waals surface area contributed by atoms with Gasteiger partial charge in [-0.15, -0.1) is 11.3 Å². The monoisotopic (exact) mass is 383 g/mol. The van der Waals surface area contributed by atoms with Crippen molar-refractivity contribution in [2.75, 3.05) is 6.54 Å². The van der Waals surface area contributed by atoms with Crippen LogP contribution in [0.5, 0.6) is 0 Å². The second-order valence-corrected chi connectivity index (χ2v) is 8.29. The van der Waals surface area contributed by atoms with E-state index < -0.39 is 0 Å². The van der Waals surface area contributed by atoms with Crippen LogP contribution in [-0.2, 0) is 19.5 Å². The fraction of sp³-hybridized carbons (Fsp3) is 0.167. The van der Waals surface area contributed by atoms with Crippen molar-refractivity contribution in [3.8, 4) is 21.8 Å². The summed E-state index contributed by atoms with van der Waals surface area (Å²) in [5.74, 6) is 0.832. The SMILES string of the molecule is c1ccc(-c2ncc3c(n2)CCN(Cc2ccc(-c4ccccc4)s2)C3)cc1. The maximum absolute atomic E-state index is 4.83. The minimum absolute atomic E-state index is 0.832. The van der Waals surface area contributed by atoms with Crippen LogP contribution in [0.1, 0.15) is 16.1 Å². The topological polar surface area (TPSA) is 29.0 Å². The molecule has 0 spiro atoms. The second kappa shape index (κ2) is 7.66. The van der Waals surface area contributed by atoms with Gasteiger partial charge in [0, 0.05) is 53.1 Å². The minimum Gasteiger partial charge on any atom is -0.293 e. The highest BCUT2D eigenvalue weighted by Crippen LogP contribution is 2.30. The normalized spacial score (nSPS) is 14.0. The van der Waals surface area contributed by atoms with Gasteiger partial charge in [-0.2, -0.15) is 0 Å². The van der Waals surface area contributed by atoms with E-state index in [1.54, 1.807) is 0 Å². The van der Waals surface area contributed by atoms with Crippen molar-refractivity contribution in [2.45, 2.75) is 19.5 Å². The van der Waals surface area contributed by atoms with Gasteiger partial charge in [0.15, 0.2) is 5.82 Å². The van der Waals surface area contributed by atoms with Crippen LogP contribution in [0.2, 0.25) is 0 Å². The zero-order valence-electron chi connectivity index (χ0n) is 15.6. The quantitative estimate of drug-likeness (QED) is 0.470. The Morgan fingerprint density at radius 3 is 2.39 bits per heavy atom. The molecule has 3 nitrogen and oxygen atoms in total. The lowest BCUT2D eigenvalue weighted by Gasteiger charge is -2.27. The third-order valence-corrected chi connectivity index (χ3v) is 6.26. The Morgan fingerprint density at radius 1 is 0.857 bits per heavy atom. The first-order chi connectivity index (χ1) is 13.8. The van der Waals surface area contributed by atoms with Crippen LogP contribution in [0, 0.1) is 0 Å². The molecule has 0 bridgehead atoms. The van der Waals surface area contributed by atoms with Gasteiger partial charge in [0.05, 0.1) is 5.69 Å². The third kappa shape index (κ3) is 3.61. The number of rotatable bonds is 4. The van der Waals surface area contributed by atoms with E-state index in [1.165, 1.54) is 26.6 Å². The minimum atomic E-state index is 0.832. The number of aromatic nitrogens is 2. The summed E-state index contributed by atoms with van der Waals surface area (Å²) in [6, 6.07) is 25.3. The Balaban J connectivity index is 1.30. The molecule has 0 amide bonds. The van der Waals surface area contributed by atoms with E-state index in [0.29, 0.717) is 0 Å². The first kappa shape index (κ1) is 17.3. The summed E-state index contributed by atoms with van der Waals surface area (Å²) in [5.41, 5.74) is 4.83. The van der Waals surface area contributed by atoms with Gasteiger partial charge in [0.2, 0.25) is 0 Å². The van der Waals surface area contributed by atoms with Crippen LogP contribution >= 0.6 is 11.3 Å². The molecule has 0 aliphatic carbocycles. The van der Waals surface area contributed by atoms with E-state index in [9.17, 15) is 0 Å². The molecule has 0 saturated carbocycles. The van der Waals surface area contributed by atoms with E-state index in [1.807, 2.05) is 35.7 Å². The van der Waals surface area contributed by atoms with Gasteiger partial charge in [-0.25, -0.2) is 9.97 Å². The van der Waals surface area contributed by atoms with Crippen LogP contribution in [0.4, 0.5) is 0 Å². The van der Waals surface area contributed by atoms with E-state index in [0.717, 1.165) is 37.4 Å². The molecule has 3 heterocycles. The fourth-order valence-electron chi connectivity index (χ4n) is 3.68. The lowest BCUT2D eigenvalue weighted by Crippen LogP contribution is -2.30. The predicted molar refractivity (Wildman–Crippen MR) is 115 cm³/mol. The number of benzene rings is 2. The van der Waals surface area contributed by atoms with Crippen LogP contribution in [0.15, 0.2) is 79.0 Å². The largest absolute Gasteiger partial charge is 0.293 e. The Morgan fingerprint density at radius 2 is 1.61 bits per heavy atom. The van der Waals surface area contributed by atoms with Crippen molar-refractivity contribution >= 4 is 11.3 Å². The molecule has 138 valence electrons. The third-order valence-electron chi connectivity index (χ3n) is 5.14. The van der Waals surface area contributed by atoms with Crippen molar-refractivity contribution in [3.05, 3.63) is 95.1 Å². The maximum Gasteiger partial charge on any atom is 0.159 e. The molecule has 0 atom stereocenters. The smallest absolute Gasteiger partial charge is 0.159 e. The number of nitrogens with zero attached hydrogens (tertiary/aromatic N) is 3. The molecule has 4 aromatic rings. The number of thiophene rings is 1. The summed E-state index contributed by atoms with van der Waals surface area (Å²) < 4.78 is 0. The average molecular weight is 384 g/mol. The molecular formula is C24H21N3S. The number of hydrogen-bond acceptors (Lipinski definition) is 4. The zero-order valence-corrected chi connectivity index (χ0v) is 16.4. The highest BCUT2D eigenvalue weighted by Gasteiger charge is 2.19. The van der Waals surface area contributed by atoms with Gasteiger partial charge in [0.25, 0.3) is 0 Å². The zero-order chi connectivity index (χ0) is 18.8. The molecular weight excluding hydrogens is 362 g/mol. The second-order valence-electron chi connectivity index (χ2n) is 7.12. The van der Waals surface area contributed by atoms with Gasteiger partial charge in [-0.1, -0.05) is 60.7 Å². The molecule has 0 N–H and O–H groups in total. The lowest BCUT2D eigenvalue weighted by atomic mass is 10.1.